The molecule has 0 N–H and O–H groups in total. The van der Waals surface area contributed by atoms with Crippen molar-refractivity contribution in [2.24, 2.45) is 0 Å². The number of benzene rings is 3. The van der Waals surface area contributed by atoms with Gasteiger partial charge in [0.25, 0.3) is 5.91 Å². The minimum Gasteiger partial charge on any atom is -0.383 e. The van der Waals surface area contributed by atoms with Crippen LogP contribution in [0.25, 0.3) is 21.8 Å². The van der Waals surface area contributed by atoms with E-state index in [9.17, 15) is 13.2 Å². The molecule has 5 rings (SSSR count). The Kier molecular flexibility index (Phi) is 5.38. The van der Waals surface area contributed by atoms with Gasteiger partial charge in [0.2, 0.25) is 0 Å². The maximum atomic E-state index is 13.7. The second-order valence-corrected chi connectivity index (χ2v) is 9.66. The van der Waals surface area contributed by atoms with Crippen LogP contribution in [0.1, 0.15) is 10.4 Å². The highest BCUT2D eigenvalue weighted by molar-refractivity contribution is 7.86. The van der Waals surface area contributed by atoms with Crippen LogP contribution >= 0.6 is 0 Å². The number of amides is 1. The Labute approximate surface area is 192 Å². The number of piperazine rings is 1. The van der Waals surface area contributed by atoms with Crippen molar-refractivity contribution in [1.29, 1.82) is 0 Å². The number of carbonyl (C=O) groups is 1. The van der Waals surface area contributed by atoms with Crippen LogP contribution in [0.2, 0.25) is 0 Å². The van der Waals surface area contributed by atoms with Gasteiger partial charge in [-0.1, -0.05) is 42.5 Å². The lowest BCUT2D eigenvalue weighted by Crippen LogP contribution is -2.48. The molecule has 0 radical (unpaired) electrons. The molecule has 0 aliphatic carbocycles. The summed E-state index contributed by atoms with van der Waals surface area (Å²) in [4.78, 5) is 22.4. The van der Waals surface area contributed by atoms with Crippen LogP contribution < -0.4 is 9.08 Å². The highest BCUT2D eigenvalue weighted by Gasteiger charge is 2.25. The van der Waals surface area contributed by atoms with E-state index in [2.05, 4.69) is 4.90 Å². The van der Waals surface area contributed by atoms with Crippen LogP contribution in [0, 0.1) is 0 Å². The van der Waals surface area contributed by atoms with Crippen LogP contribution in [0.3, 0.4) is 0 Å². The van der Waals surface area contributed by atoms with Gasteiger partial charge in [0, 0.05) is 48.7 Å². The lowest BCUT2D eigenvalue weighted by atomic mass is 10.0. The van der Waals surface area contributed by atoms with Crippen molar-refractivity contribution in [3.63, 3.8) is 0 Å². The average Bonchev–Trinajstić information content (AvgIpc) is 2.81. The molecule has 0 saturated carbocycles. The summed E-state index contributed by atoms with van der Waals surface area (Å²) in [6.07, 6.45) is 1.02. The van der Waals surface area contributed by atoms with Crippen LogP contribution in [-0.4, -0.2) is 56.6 Å². The zero-order valence-corrected chi connectivity index (χ0v) is 19.0. The molecule has 0 atom stereocenters. The molecule has 33 heavy (non-hydrogen) atoms. The Hall–Kier alpha value is -3.65. The Morgan fingerprint density at radius 3 is 2.06 bits per heavy atom. The first-order valence-corrected chi connectivity index (χ1v) is 12.5. The maximum absolute atomic E-state index is 13.7. The number of rotatable bonds is 4. The van der Waals surface area contributed by atoms with E-state index < -0.39 is 10.1 Å². The largest absolute Gasteiger partial charge is 0.383 e. The summed E-state index contributed by atoms with van der Waals surface area (Å²) >= 11 is 0. The van der Waals surface area contributed by atoms with E-state index in [1.54, 1.807) is 18.2 Å². The number of para-hydroxylation sites is 2. The summed E-state index contributed by atoms with van der Waals surface area (Å²) in [5.41, 5.74) is 3.16. The van der Waals surface area contributed by atoms with Crippen molar-refractivity contribution in [2.45, 2.75) is 0 Å². The lowest BCUT2D eigenvalue weighted by Gasteiger charge is -2.36. The Morgan fingerprint density at radius 2 is 1.45 bits per heavy atom. The molecule has 7 nitrogen and oxygen atoms in total. The third kappa shape index (κ3) is 4.34. The summed E-state index contributed by atoms with van der Waals surface area (Å²) in [6.45, 7) is 2.38. The predicted molar refractivity (Wildman–Crippen MR) is 129 cm³/mol. The predicted octanol–water partition coefficient (Wildman–Crippen LogP) is 3.69. The van der Waals surface area contributed by atoms with Crippen LogP contribution in [-0.2, 0) is 10.1 Å². The SMILES string of the molecule is CS(=O)(=O)Oc1cccc(N2CCN(C(=O)c3c4ccccc4nc4ccccc34)CC2)c1. The number of hydrogen-bond acceptors (Lipinski definition) is 6. The van der Waals surface area contributed by atoms with Gasteiger partial charge in [-0.15, -0.1) is 0 Å². The molecule has 1 aliphatic heterocycles. The number of carbonyl (C=O) groups excluding carboxylic acids is 1. The zero-order valence-electron chi connectivity index (χ0n) is 18.1. The molecule has 2 heterocycles. The fourth-order valence-corrected chi connectivity index (χ4v) is 4.76. The average molecular weight is 462 g/mol. The first-order valence-electron chi connectivity index (χ1n) is 10.7. The van der Waals surface area contributed by atoms with Gasteiger partial charge < -0.3 is 14.0 Å². The van der Waals surface area contributed by atoms with E-state index in [0.29, 0.717) is 31.7 Å². The standard InChI is InChI=1S/C25H23N3O4S/c1-33(30,31)32-19-8-6-7-18(17-19)27-13-15-28(16-14-27)25(29)24-20-9-2-4-11-22(20)26-23-12-5-3-10-21(23)24/h2-12,17H,13-16H2,1H3. The molecule has 4 aromatic rings. The second kappa shape index (κ2) is 8.37. The number of pyridine rings is 1. The smallest absolute Gasteiger partial charge is 0.306 e. The Balaban J connectivity index is 1.40. The van der Waals surface area contributed by atoms with E-state index >= 15 is 0 Å². The topological polar surface area (TPSA) is 79.8 Å². The minimum absolute atomic E-state index is 0.00129. The molecule has 8 heteroatoms. The number of hydrogen-bond donors (Lipinski definition) is 0. The first-order chi connectivity index (χ1) is 15.9. The van der Waals surface area contributed by atoms with Gasteiger partial charge in [0.1, 0.15) is 5.75 Å². The number of fused-ring (bicyclic) bond motifs is 2. The monoisotopic (exact) mass is 461 g/mol. The van der Waals surface area contributed by atoms with Gasteiger partial charge in [-0.3, -0.25) is 4.79 Å². The molecule has 1 aliphatic rings. The summed E-state index contributed by atoms with van der Waals surface area (Å²) in [6, 6.07) is 22.5. The van der Waals surface area contributed by atoms with Crippen LogP contribution in [0.4, 0.5) is 5.69 Å². The van der Waals surface area contributed by atoms with Crippen molar-refractivity contribution in [1.82, 2.24) is 9.88 Å². The van der Waals surface area contributed by atoms with Gasteiger partial charge in [-0.05, 0) is 24.3 Å². The highest BCUT2D eigenvalue weighted by Crippen LogP contribution is 2.28. The second-order valence-electron chi connectivity index (χ2n) is 8.09. The molecule has 3 aromatic carbocycles. The van der Waals surface area contributed by atoms with Crippen LogP contribution in [0.15, 0.2) is 72.8 Å². The Bertz CT molecular complexity index is 1410. The zero-order chi connectivity index (χ0) is 23.0. The molecule has 1 aromatic heterocycles. The number of nitrogens with zero attached hydrogens (tertiary/aromatic N) is 3. The van der Waals surface area contributed by atoms with Crippen molar-refractivity contribution in [2.75, 3.05) is 37.3 Å². The van der Waals surface area contributed by atoms with E-state index in [1.807, 2.05) is 59.5 Å². The first kappa shape index (κ1) is 21.2. The van der Waals surface area contributed by atoms with Crippen molar-refractivity contribution in [3.8, 4) is 5.75 Å². The summed E-state index contributed by atoms with van der Waals surface area (Å²) in [7, 11) is -3.59. The molecule has 168 valence electrons. The maximum Gasteiger partial charge on any atom is 0.306 e. The highest BCUT2D eigenvalue weighted by atomic mass is 32.2. The van der Waals surface area contributed by atoms with E-state index in [0.717, 1.165) is 33.7 Å². The van der Waals surface area contributed by atoms with Crippen molar-refractivity contribution >= 4 is 43.5 Å². The molecular weight excluding hydrogens is 438 g/mol. The van der Waals surface area contributed by atoms with Gasteiger partial charge >= 0.3 is 10.1 Å². The van der Waals surface area contributed by atoms with E-state index in [1.165, 1.54) is 0 Å². The summed E-state index contributed by atoms with van der Waals surface area (Å²) in [5.74, 6) is 0.279. The Morgan fingerprint density at radius 1 is 0.848 bits per heavy atom. The fourth-order valence-electron chi connectivity index (χ4n) is 4.30. The number of aromatic nitrogens is 1. The molecule has 1 amide bonds. The summed E-state index contributed by atoms with van der Waals surface area (Å²) < 4.78 is 27.9. The molecular formula is C25H23N3O4S. The molecule has 0 bridgehead atoms. The van der Waals surface area contributed by atoms with Crippen molar-refractivity contribution in [3.05, 3.63) is 78.4 Å². The fraction of sp³-hybridized carbons (Fsp3) is 0.200. The third-order valence-corrected chi connectivity index (χ3v) is 6.29. The van der Waals surface area contributed by atoms with Gasteiger partial charge in [-0.2, -0.15) is 8.42 Å². The molecule has 1 saturated heterocycles. The van der Waals surface area contributed by atoms with E-state index in [4.69, 9.17) is 9.17 Å². The molecule has 0 spiro atoms. The number of anilines is 1. The van der Waals surface area contributed by atoms with Crippen LogP contribution in [0.5, 0.6) is 5.75 Å². The normalized spacial score (nSPS) is 14.6. The van der Waals surface area contributed by atoms with Crippen molar-refractivity contribution < 1.29 is 17.4 Å². The van der Waals surface area contributed by atoms with E-state index in [-0.39, 0.29) is 11.7 Å². The van der Waals surface area contributed by atoms with Gasteiger partial charge in [-0.25, -0.2) is 4.98 Å². The quantitative estimate of drug-likeness (QED) is 0.341. The lowest BCUT2D eigenvalue weighted by molar-refractivity contribution is 0.0750. The van der Waals surface area contributed by atoms with Gasteiger partial charge in [0.05, 0.1) is 22.9 Å². The third-order valence-electron chi connectivity index (χ3n) is 5.80. The molecule has 1 fully saturated rings. The summed E-state index contributed by atoms with van der Waals surface area (Å²) in [5, 5.41) is 1.71. The minimum atomic E-state index is -3.59. The van der Waals surface area contributed by atoms with Gasteiger partial charge in [0.15, 0.2) is 0 Å². The molecule has 0 unspecified atom stereocenters.